The highest BCUT2D eigenvalue weighted by atomic mass is 79.9. The molecule has 0 saturated carbocycles. The van der Waals surface area contributed by atoms with E-state index in [1.54, 1.807) is 0 Å². The Hall–Kier alpha value is -0.380. The molecule has 3 heteroatoms. The summed E-state index contributed by atoms with van der Waals surface area (Å²) in [6.45, 7) is 4.86. The molecule has 1 aliphatic heterocycles. The Balaban J connectivity index is 1.94. The summed E-state index contributed by atoms with van der Waals surface area (Å²) in [5.74, 6) is 0. The molecule has 0 bridgehead atoms. The highest BCUT2D eigenvalue weighted by molar-refractivity contribution is 9.10. The monoisotopic (exact) mass is 283 g/mol. The van der Waals surface area contributed by atoms with E-state index in [1.165, 1.54) is 10.0 Å². The summed E-state index contributed by atoms with van der Waals surface area (Å²) in [5.41, 5.74) is 1.50. The molecule has 1 atom stereocenters. The number of halogens is 1. The molecule has 0 spiro atoms. The van der Waals surface area contributed by atoms with Gasteiger partial charge in [0, 0.05) is 16.6 Å². The van der Waals surface area contributed by atoms with Gasteiger partial charge in [0.2, 0.25) is 0 Å². The van der Waals surface area contributed by atoms with Gasteiger partial charge in [0.1, 0.15) is 0 Å². The molecule has 2 rings (SSSR count). The number of benzene rings is 1. The standard InChI is InChI=1S/C13H18BrNO/c1-13(10-16-9-8-15-13)7-6-11-4-2-3-5-12(11)14/h2-5,15H,6-10H2,1H3. The summed E-state index contributed by atoms with van der Waals surface area (Å²) < 4.78 is 6.73. The largest absolute Gasteiger partial charge is 0.378 e. The van der Waals surface area contributed by atoms with Gasteiger partial charge in [-0.25, -0.2) is 0 Å². The van der Waals surface area contributed by atoms with E-state index in [4.69, 9.17) is 4.74 Å². The third-order valence-corrected chi connectivity index (χ3v) is 3.90. The lowest BCUT2D eigenvalue weighted by atomic mass is 9.93. The van der Waals surface area contributed by atoms with Crippen molar-refractivity contribution in [3.63, 3.8) is 0 Å². The van der Waals surface area contributed by atoms with Crippen LogP contribution in [0.3, 0.4) is 0 Å². The number of nitrogens with one attached hydrogen (secondary N) is 1. The third kappa shape index (κ3) is 3.06. The van der Waals surface area contributed by atoms with Crippen LogP contribution in [-0.2, 0) is 11.2 Å². The fourth-order valence-electron chi connectivity index (χ4n) is 2.05. The number of hydrogen-bond donors (Lipinski definition) is 1. The second-order valence-electron chi connectivity index (χ2n) is 4.63. The maximum Gasteiger partial charge on any atom is 0.0646 e. The van der Waals surface area contributed by atoms with E-state index >= 15 is 0 Å². The minimum Gasteiger partial charge on any atom is -0.378 e. The van der Waals surface area contributed by atoms with Crippen molar-refractivity contribution in [2.24, 2.45) is 0 Å². The molecule has 1 unspecified atom stereocenters. The fourth-order valence-corrected chi connectivity index (χ4v) is 2.53. The van der Waals surface area contributed by atoms with Crippen molar-refractivity contribution >= 4 is 15.9 Å². The Bertz CT molecular complexity index is 348. The van der Waals surface area contributed by atoms with Gasteiger partial charge in [-0.1, -0.05) is 34.1 Å². The molecule has 1 heterocycles. The van der Waals surface area contributed by atoms with Crippen molar-refractivity contribution in [2.75, 3.05) is 19.8 Å². The van der Waals surface area contributed by atoms with E-state index in [0.29, 0.717) is 0 Å². The minimum absolute atomic E-state index is 0.132. The molecule has 1 saturated heterocycles. The Kier molecular flexibility index (Phi) is 4.00. The topological polar surface area (TPSA) is 21.3 Å². The predicted octanol–water partition coefficient (Wildman–Crippen LogP) is 2.76. The summed E-state index contributed by atoms with van der Waals surface area (Å²) in [4.78, 5) is 0. The molecule has 1 N–H and O–H groups in total. The maximum absolute atomic E-state index is 5.53. The summed E-state index contributed by atoms with van der Waals surface area (Å²) in [7, 11) is 0. The van der Waals surface area contributed by atoms with Gasteiger partial charge in [-0.2, -0.15) is 0 Å². The zero-order valence-corrected chi connectivity index (χ0v) is 11.2. The van der Waals surface area contributed by atoms with Gasteiger partial charge in [0.15, 0.2) is 0 Å². The van der Waals surface area contributed by atoms with Crippen molar-refractivity contribution in [2.45, 2.75) is 25.3 Å². The van der Waals surface area contributed by atoms with Crippen LogP contribution in [0.2, 0.25) is 0 Å². The van der Waals surface area contributed by atoms with Gasteiger partial charge >= 0.3 is 0 Å². The van der Waals surface area contributed by atoms with Gasteiger partial charge in [-0.3, -0.25) is 0 Å². The van der Waals surface area contributed by atoms with E-state index < -0.39 is 0 Å². The van der Waals surface area contributed by atoms with Crippen LogP contribution in [0, 0.1) is 0 Å². The quantitative estimate of drug-likeness (QED) is 0.921. The number of rotatable bonds is 3. The van der Waals surface area contributed by atoms with Crippen LogP contribution in [-0.4, -0.2) is 25.3 Å². The number of aryl methyl sites for hydroxylation is 1. The van der Waals surface area contributed by atoms with Gasteiger partial charge in [0.05, 0.1) is 13.2 Å². The molecule has 1 aromatic rings. The van der Waals surface area contributed by atoms with E-state index in [1.807, 2.05) is 0 Å². The van der Waals surface area contributed by atoms with E-state index in [2.05, 4.69) is 52.4 Å². The second-order valence-corrected chi connectivity index (χ2v) is 5.49. The van der Waals surface area contributed by atoms with Crippen molar-refractivity contribution in [3.05, 3.63) is 34.3 Å². The van der Waals surface area contributed by atoms with Crippen LogP contribution < -0.4 is 5.32 Å². The SMILES string of the molecule is CC1(CCc2ccccc2Br)COCCN1. The molecule has 2 nitrogen and oxygen atoms in total. The van der Waals surface area contributed by atoms with E-state index in [9.17, 15) is 0 Å². The molecule has 0 amide bonds. The van der Waals surface area contributed by atoms with Crippen LogP contribution in [0.5, 0.6) is 0 Å². The Morgan fingerprint density at radius 1 is 1.44 bits per heavy atom. The Morgan fingerprint density at radius 2 is 2.25 bits per heavy atom. The number of hydrogen-bond acceptors (Lipinski definition) is 2. The van der Waals surface area contributed by atoms with Crippen molar-refractivity contribution in [1.29, 1.82) is 0 Å². The Labute approximate surface area is 106 Å². The van der Waals surface area contributed by atoms with Gasteiger partial charge < -0.3 is 10.1 Å². The summed E-state index contributed by atoms with van der Waals surface area (Å²) in [5, 5.41) is 3.54. The first-order valence-corrected chi connectivity index (χ1v) is 6.55. The highest BCUT2D eigenvalue weighted by Gasteiger charge is 2.26. The van der Waals surface area contributed by atoms with Crippen molar-refractivity contribution in [3.8, 4) is 0 Å². The maximum atomic E-state index is 5.53. The smallest absolute Gasteiger partial charge is 0.0646 e. The average molecular weight is 284 g/mol. The first kappa shape index (κ1) is 12.1. The Morgan fingerprint density at radius 3 is 2.94 bits per heavy atom. The first-order valence-electron chi connectivity index (χ1n) is 5.76. The number of ether oxygens (including phenoxy) is 1. The summed E-state index contributed by atoms with van der Waals surface area (Å²) >= 11 is 3.59. The summed E-state index contributed by atoms with van der Waals surface area (Å²) in [6.07, 6.45) is 2.18. The van der Waals surface area contributed by atoms with Crippen LogP contribution in [0.1, 0.15) is 18.9 Å². The zero-order valence-electron chi connectivity index (χ0n) is 9.63. The van der Waals surface area contributed by atoms with Crippen LogP contribution >= 0.6 is 15.9 Å². The lowest BCUT2D eigenvalue weighted by molar-refractivity contribution is 0.0318. The molecule has 0 radical (unpaired) electrons. The van der Waals surface area contributed by atoms with Crippen molar-refractivity contribution < 1.29 is 4.74 Å². The first-order chi connectivity index (χ1) is 7.70. The second kappa shape index (κ2) is 5.30. The van der Waals surface area contributed by atoms with Crippen LogP contribution in [0.25, 0.3) is 0 Å². The van der Waals surface area contributed by atoms with E-state index in [-0.39, 0.29) is 5.54 Å². The predicted molar refractivity (Wildman–Crippen MR) is 69.7 cm³/mol. The molecule has 1 fully saturated rings. The molecule has 0 aliphatic carbocycles. The van der Waals surface area contributed by atoms with Crippen molar-refractivity contribution in [1.82, 2.24) is 5.32 Å². The van der Waals surface area contributed by atoms with Crippen LogP contribution in [0.4, 0.5) is 0 Å². The normalized spacial score (nSPS) is 25.6. The minimum atomic E-state index is 0.132. The third-order valence-electron chi connectivity index (χ3n) is 3.12. The fraction of sp³-hybridized carbons (Fsp3) is 0.538. The lowest BCUT2D eigenvalue weighted by Crippen LogP contribution is -2.52. The highest BCUT2D eigenvalue weighted by Crippen LogP contribution is 2.22. The van der Waals surface area contributed by atoms with Gasteiger partial charge in [0.25, 0.3) is 0 Å². The van der Waals surface area contributed by atoms with Gasteiger partial charge in [-0.05, 0) is 31.4 Å². The lowest BCUT2D eigenvalue weighted by Gasteiger charge is -2.35. The molecule has 88 valence electrons. The molecule has 1 aliphatic rings. The molecule has 0 aromatic heterocycles. The summed E-state index contributed by atoms with van der Waals surface area (Å²) in [6, 6.07) is 8.42. The average Bonchev–Trinajstić information content (AvgIpc) is 2.29. The molecule has 16 heavy (non-hydrogen) atoms. The zero-order chi connectivity index (χ0) is 11.4. The molecular formula is C13H18BrNO. The number of morpholine rings is 1. The molecular weight excluding hydrogens is 266 g/mol. The van der Waals surface area contributed by atoms with E-state index in [0.717, 1.165) is 32.6 Å². The van der Waals surface area contributed by atoms with Gasteiger partial charge in [-0.15, -0.1) is 0 Å². The molecule has 1 aromatic carbocycles. The van der Waals surface area contributed by atoms with Crippen LogP contribution in [0.15, 0.2) is 28.7 Å².